The van der Waals surface area contributed by atoms with E-state index >= 15 is 0 Å². The topological polar surface area (TPSA) is 109 Å². The van der Waals surface area contributed by atoms with Crippen molar-refractivity contribution in [2.24, 2.45) is 0 Å². The predicted molar refractivity (Wildman–Crippen MR) is 77.4 cm³/mol. The molecule has 1 aromatic carbocycles. The molecule has 3 aromatic rings. The number of anilines is 3. The van der Waals surface area contributed by atoms with Crippen molar-refractivity contribution in [2.45, 2.75) is 6.92 Å². The molecule has 0 bridgehead atoms. The lowest BCUT2D eigenvalue weighted by Crippen LogP contribution is -2.10. The van der Waals surface area contributed by atoms with Gasteiger partial charge in [0.05, 0.1) is 6.61 Å². The first kappa shape index (κ1) is 13.3. The fraction of sp³-hybridized carbons (Fsp3) is 0.231. The van der Waals surface area contributed by atoms with Gasteiger partial charge in [0.25, 0.3) is 0 Å². The lowest BCUT2D eigenvalue weighted by Gasteiger charge is -2.11. The van der Waals surface area contributed by atoms with Crippen LogP contribution < -0.4 is 10.6 Å². The van der Waals surface area contributed by atoms with Crippen molar-refractivity contribution in [2.75, 3.05) is 23.8 Å². The molecule has 3 N–H and O–H groups in total. The summed E-state index contributed by atoms with van der Waals surface area (Å²) in [7, 11) is 0. The van der Waals surface area contributed by atoms with Crippen LogP contribution in [0.15, 0.2) is 28.9 Å². The molecule has 0 saturated carbocycles. The summed E-state index contributed by atoms with van der Waals surface area (Å²) < 4.78 is 4.62. The maximum atomic E-state index is 8.93. The highest BCUT2D eigenvalue weighted by atomic mass is 16.6. The number of aliphatic hydroxyl groups excluding tert-OH is 1. The Morgan fingerprint density at radius 2 is 1.71 bits per heavy atom. The molecular formula is C13H14N6O2. The van der Waals surface area contributed by atoms with Gasteiger partial charge in [-0.2, -0.15) is 0 Å². The zero-order valence-corrected chi connectivity index (χ0v) is 11.4. The third-order valence-electron chi connectivity index (χ3n) is 2.83. The van der Waals surface area contributed by atoms with Crippen molar-refractivity contribution in [3.63, 3.8) is 0 Å². The van der Waals surface area contributed by atoms with E-state index in [1.165, 1.54) is 5.56 Å². The summed E-state index contributed by atoms with van der Waals surface area (Å²) in [5, 5.41) is 22.4. The van der Waals surface area contributed by atoms with Crippen molar-refractivity contribution in [1.29, 1.82) is 0 Å². The summed E-state index contributed by atoms with van der Waals surface area (Å²) in [6, 6.07) is 7.87. The number of aliphatic hydroxyl groups is 1. The van der Waals surface area contributed by atoms with Gasteiger partial charge in [-0.15, -0.1) is 0 Å². The molecule has 0 saturated heterocycles. The minimum absolute atomic E-state index is 0.0131. The van der Waals surface area contributed by atoms with Crippen LogP contribution in [0.25, 0.3) is 11.3 Å². The molecule has 0 atom stereocenters. The van der Waals surface area contributed by atoms with Gasteiger partial charge < -0.3 is 15.7 Å². The smallest absolute Gasteiger partial charge is 0.245 e. The number of hydrogen-bond acceptors (Lipinski definition) is 8. The Balaban J connectivity index is 1.95. The number of nitrogens with zero attached hydrogens (tertiary/aromatic N) is 4. The monoisotopic (exact) mass is 286 g/mol. The van der Waals surface area contributed by atoms with Crippen LogP contribution in [0.2, 0.25) is 0 Å². The molecule has 2 aromatic heterocycles. The fourth-order valence-corrected chi connectivity index (χ4v) is 1.80. The van der Waals surface area contributed by atoms with Crippen LogP contribution in [-0.2, 0) is 0 Å². The quantitative estimate of drug-likeness (QED) is 0.647. The molecule has 0 aliphatic rings. The van der Waals surface area contributed by atoms with Gasteiger partial charge in [-0.1, -0.05) is 17.7 Å². The van der Waals surface area contributed by atoms with Crippen LogP contribution in [0.3, 0.4) is 0 Å². The largest absolute Gasteiger partial charge is 0.395 e. The molecule has 8 nitrogen and oxygen atoms in total. The zero-order chi connectivity index (χ0) is 14.7. The lowest BCUT2D eigenvalue weighted by atomic mass is 10.2. The van der Waals surface area contributed by atoms with Gasteiger partial charge in [-0.25, -0.2) is 14.6 Å². The maximum Gasteiger partial charge on any atom is 0.245 e. The Kier molecular flexibility index (Phi) is 3.61. The van der Waals surface area contributed by atoms with Gasteiger partial charge >= 0.3 is 0 Å². The van der Waals surface area contributed by atoms with E-state index in [0.717, 1.165) is 5.69 Å². The van der Waals surface area contributed by atoms with Gasteiger partial charge in [-0.3, -0.25) is 0 Å². The SMILES string of the molecule is Cc1ccc(Nc2nc3nonc3nc2NCCO)cc1. The van der Waals surface area contributed by atoms with Crippen molar-refractivity contribution in [3.05, 3.63) is 29.8 Å². The maximum absolute atomic E-state index is 8.93. The number of fused-ring (bicyclic) bond motifs is 1. The lowest BCUT2D eigenvalue weighted by molar-refractivity contribution is 0.311. The van der Waals surface area contributed by atoms with E-state index in [1.807, 2.05) is 31.2 Å². The van der Waals surface area contributed by atoms with Crippen LogP contribution in [0.4, 0.5) is 17.3 Å². The second-order valence-electron chi connectivity index (χ2n) is 4.47. The Morgan fingerprint density at radius 3 is 2.38 bits per heavy atom. The van der Waals surface area contributed by atoms with Crippen LogP contribution in [0, 0.1) is 6.92 Å². The summed E-state index contributed by atoms with van der Waals surface area (Å²) >= 11 is 0. The number of nitrogens with one attached hydrogen (secondary N) is 2. The zero-order valence-electron chi connectivity index (χ0n) is 11.4. The second kappa shape index (κ2) is 5.71. The van der Waals surface area contributed by atoms with Crippen molar-refractivity contribution in [3.8, 4) is 0 Å². The van der Waals surface area contributed by atoms with Crippen molar-refractivity contribution >= 4 is 28.6 Å². The summed E-state index contributed by atoms with van der Waals surface area (Å²) in [5.41, 5.74) is 2.67. The van der Waals surface area contributed by atoms with Gasteiger partial charge in [0, 0.05) is 12.2 Å². The summed E-state index contributed by atoms with van der Waals surface area (Å²) in [5.74, 6) is 0.975. The Hall–Kier alpha value is -2.74. The van der Waals surface area contributed by atoms with E-state index in [4.69, 9.17) is 5.11 Å². The first-order valence-corrected chi connectivity index (χ1v) is 6.45. The minimum Gasteiger partial charge on any atom is -0.395 e. The molecule has 0 aliphatic heterocycles. The molecule has 0 unspecified atom stereocenters. The molecular weight excluding hydrogens is 272 g/mol. The van der Waals surface area contributed by atoms with Crippen molar-refractivity contribution in [1.82, 2.24) is 20.3 Å². The molecule has 0 radical (unpaired) electrons. The van der Waals surface area contributed by atoms with Crippen molar-refractivity contribution < 1.29 is 9.74 Å². The van der Waals surface area contributed by atoms with Gasteiger partial charge in [0.1, 0.15) is 0 Å². The minimum atomic E-state index is -0.0131. The van der Waals surface area contributed by atoms with Gasteiger partial charge in [0.2, 0.25) is 11.3 Å². The molecule has 3 rings (SSSR count). The number of hydrogen-bond donors (Lipinski definition) is 3. The third kappa shape index (κ3) is 2.90. The van der Waals surface area contributed by atoms with Crippen LogP contribution in [0.5, 0.6) is 0 Å². The Morgan fingerprint density at radius 1 is 1.05 bits per heavy atom. The van der Waals surface area contributed by atoms with Crippen LogP contribution in [0.1, 0.15) is 5.56 Å². The number of aromatic nitrogens is 4. The van der Waals surface area contributed by atoms with E-state index in [1.54, 1.807) is 0 Å². The number of rotatable bonds is 5. The fourth-order valence-electron chi connectivity index (χ4n) is 1.80. The summed E-state index contributed by atoms with van der Waals surface area (Å²) in [6.07, 6.45) is 0. The van der Waals surface area contributed by atoms with E-state index in [9.17, 15) is 0 Å². The molecule has 0 amide bonds. The first-order chi connectivity index (χ1) is 10.3. The molecule has 108 valence electrons. The average Bonchev–Trinajstić information content (AvgIpc) is 2.94. The van der Waals surface area contributed by atoms with Gasteiger partial charge in [0.15, 0.2) is 11.6 Å². The highest BCUT2D eigenvalue weighted by Gasteiger charge is 2.12. The van der Waals surface area contributed by atoms with E-state index in [-0.39, 0.29) is 6.61 Å². The predicted octanol–water partition coefficient (Wildman–Crippen LogP) is 1.47. The second-order valence-corrected chi connectivity index (χ2v) is 4.47. The number of benzene rings is 1. The standard InChI is InChI=1S/C13H14N6O2/c1-8-2-4-9(5-3-8)15-11-10(14-6-7-20)16-12-13(17-11)19-21-18-12/h2-5,20H,6-7H2,1H3,(H,14,16,18)(H,15,17,19). The Bertz CT molecular complexity index is 740. The normalized spacial score (nSPS) is 10.8. The highest BCUT2D eigenvalue weighted by molar-refractivity contribution is 5.76. The van der Waals surface area contributed by atoms with Crippen LogP contribution in [-0.4, -0.2) is 38.5 Å². The third-order valence-corrected chi connectivity index (χ3v) is 2.83. The molecule has 0 fully saturated rings. The summed E-state index contributed by atoms with van der Waals surface area (Å²) in [4.78, 5) is 8.59. The molecule has 0 aliphatic carbocycles. The van der Waals surface area contributed by atoms with E-state index < -0.39 is 0 Å². The first-order valence-electron chi connectivity index (χ1n) is 6.45. The van der Waals surface area contributed by atoms with E-state index in [2.05, 4.69) is 35.5 Å². The average molecular weight is 286 g/mol. The van der Waals surface area contributed by atoms with E-state index in [0.29, 0.717) is 29.5 Å². The Labute approximate surface area is 120 Å². The summed E-state index contributed by atoms with van der Waals surface area (Å²) in [6.45, 7) is 2.36. The molecule has 0 spiro atoms. The highest BCUT2D eigenvalue weighted by Crippen LogP contribution is 2.23. The molecule has 8 heteroatoms. The molecule has 2 heterocycles. The van der Waals surface area contributed by atoms with Crippen LogP contribution >= 0.6 is 0 Å². The molecule has 21 heavy (non-hydrogen) atoms. The number of aryl methyl sites for hydroxylation is 1. The van der Waals surface area contributed by atoms with Gasteiger partial charge in [-0.05, 0) is 29.4 Å².